The average Bonchev–Trinajstić information content (AvgIpc) is 2.67. The fraction of sp³-hybridized carbons (Fsp3) is 0.609. The number of esters is 2. The zero-order valence-electron chi connectivity index (χ0n) is 18.6. The van der Waals surface area contributed by atoms with Crippen LogP contribution in [0.2, 0.25) is 0 Å². The molecule has 1 rings (SSSR count). The van der Waals surface area contributed by atoms with E-state index in [-0.39, 0.29) is 48.4 Å². The van der Waals surface area contributed by atoms with Crippen molar-refractivity contribution in [3.63, 3.8) is 0 Å². The maximum atomic E-state index is 12.2. The van der Waals surface area contributed by atoms with Crippen LogP contribution in [0.5, 0.6) is 11.5 Å². The molecule has 6 nitrogen and oxygen atoms in total. The first kappa shape index (κ1) is 27.9. The number of unbranched alkanes of at least 4 members (excludes halogenated alkanes) is 4. The number of aldehydes is 1. The SMILES string of the molecule is CCCCCC(=O)Oc1ccc(N(CC=O)C(C)C)cc1OC(=O)CCCCC.Cl. The van der Waals surface area contributed by atoms with Crippen molar-refractivity contribution in [2.75, 3.05) is 11.4 Å². The molecule has 0 unspecified atom stereocenters. The molecule has 0 aliphatic carbocycles. The molecule has 30 heavy (non-hydrogen) atoms. The molecule has 0 fully saturated rings. The summed E-state index contributed by atoms with van der Waals surface area (Å²) in [5.74, 6) is -0.258. The van der Waals surface area contributed by atoms with Crippen LogP contribution in [0, 0.1) is 0 Å². The Labute approximate surface area is 186 Å². The van der Waals surface area contributed by atoms with Crippen LogP contribution in [0.3, 0.4) is 0 Å². The molecular formula is C23H36ClNO5. The highest BCUT2D eigenvalue weighted by molar-refractivity contribution is 5.85. The summed E-state index contributed by atoms with van der Waals surface area (Å²) < 4.78 is 11.0. The normalized spacial score (nSPS) is 10.3. The second-order valence-electron chi connectivity index (χ2n) is 7.41. The van der Waals surface area contributed by atoms with Crippen LogP contribution in [0.25, 0.3) is 0 Å². The molecule has 0 bridgehead atoms. The molecule has 0 radical (unpaired) electrons. The summed E-state index contributed by atoms with van der Waals surface area (Å²) in [6.45, 7) is 8.30. The molecule has 0 aliphatic heterocycles. The fourth-order valence-corrected chi connectivity index (χ4v) is 2.92. The van der Waals surface area contributed by atoms with Crippen molar-refractivity contribution in [3.05, 3.63) is 18.2 Å². The maximum absolute atomic E-state index is 12.2. The topological polar surface area (TPSA) is 72.9 Å². The van der Waals surface area contributed by atoms with E-state index in [4.69, 9.17) is 9.47 Å². The zero-order chi connectivity index (χ0) is 21.6. The quantitative estimate of drug-likeness (QED) is 0.164. The first-order chi connectivity index (χ1) is 13.9. The number of benzene rings is 1. The molecule has 1 aromatic carbocycles. The second-order valence-corrected chi connectivity index (χ2v) is 7.41. The van der Waals surface area contributed by atoms with Gasteiger partial charge in [0.25, 0.3) is 0 Å². The van der Waals surface area contributed by atoms with Gasteiger partial charge in [0.15, 0.2) is 11.5 Å². The van der Waals surface area contributed by atoms with E-state index in [0.29, 0.717) is 12.8 Å². The Morgan fingerprint density at radius 1 is 0.933 bits per heavy atom. The molecule has 0 N–H and O–H groups in total. The van der Waals surface area contributed by atoms with Crippen molar-refractivity contribution in [2.24, 2.45) is 0 Å². The average molecular weight is 442 g/mol. The van der Waals surface area contributed by atoms with Gasteiger partial charge in [-0.15, -0.1) is 12.4 Å². The van der Waals surface area contributed by atoms with Crippen LogP contribution >= 0.6 is 12.4 Å². The molecule has 0 aromatic heterocycles. The molecule has 0 saturated carbocycles. The van der Waals surface area contributed by atoms with E-state index in [0.717, 1.165) is 50.5 Å². The Kier molecular flexibility index (Phi) is 14.6. The standard InChI is InChI=1S/C23H35NO5.ClH/c1-5-7-9-11-22(26)28-20-14-13-19(24(15-16-25)18(3)4)17-21(20)29-23(27)12-10-8-6-2;/h13-14,16-18H,5-12,15H2,1-4H3;1H. The fourth-order valence-electron chi connectivity index (χ4n) is 2.92. The number of carbonyl (C=O) groups is 3. The van der Waals surface area contributed by atoms with Gasteiger partial charge in [-0.05, 0) is 38.8 Å². The van der Waals surface area contributed by atoms with Crippen LogP contribution in [0.15, 0.2) is 18.2 Å². The Morgan fingerprint density at radius 2 is 1.47 bits per heavy atom. The van der Waals surface area contributed by atoms with E-state index in [1.807, 2.05) is 18.7 Å². The molecule has 0 heterocycles. The van der Waals surface area contributed by atoms with Crippen LogP contribution in [0.1, 0.15) is 79.1 Å². The monoisotopic (exact) mass is 441 g/mol. The molecule has 1 aromatic rings. The van der Waals surface area contributed by atoms with Gasteiger partial charge in [0.1, 0.15) is 6.29 Å². The first-order valence-corrected chi connectivity index (χ1v) is 10.7. The van der Waals surface area contributed by atoms with Crippen LogP contribution < -0.4 is 14.4 Å². The molecule has 0 atom stereocenters. The molecular weight excluding hydrogens is 406 g/mol. The highest BCUT2D eigenvalue weighted by Crippen LogP contribution is 2.33. The van der Waals surface area contributed by atoms with Crippen LogP contribution in [-0.4, -0.2) is 30.8 Å². The van der Waals surface area contributed by atoms with Gasteiger partial charge in [-0.1, -0.05) is 39.5 Å². The summed E-state index contributed by atoms with van der Waals surface area (Å²) in [6, 6.07) is 5.14. The maximum Gasteiger partial charge on any atom is 0.311 e. The van der Waals surface area contributed by atoms with E-state index in [2.05, 4.69) is 13.8 Å². The van der Waals surface area contributed by atoms with Crippen molar-refractivity contribution in [3.8, 4) is 11.5 Å². The first-order valence-electron chi connectivity index (χ1n) is 10.7. The van der Waals surface area contributed by atoms with Crippen molar-refractivity contribution in [2.45, 2.75) is 85.1 Å². The number of halogens is 1. The van der Waals surface area contributed by atoms with E-state index in [1.54, 1.807) is 18.2 Å². The van der Waals surface area contributed by atoms with E-state index in [9.17, 15) is 14.4 Å². The number of carbonyl (C=O) groups excluding carboxylic acids is 3. The number of ether oxygens (including phenoxy) is 2. The molecule has 0 spiro atoms. The van der Waals surface area contributed by atoms with Crippen molar-refractivity contribution in [1.82, 2.24) is 0 Å². The van der Waals surface area contributed by atoms with Gasteiger partial charge in [0.05, 0.1) is 6.54 Å². The van der Waals surface area contributed by atoms with Crippen molar-refractivity contribution < 1.29 is 23.9 Å². The third kappa shape index (κ3) is 10.1. The Hall–Kier alpha value is -2.08. The smallest absolute Gasteiger partial charge is 0.311 e. The lowest BCUT2D eigenvalue weighted by Crippen LogP contribution is -2.32. The van der Waals surface area contributed by atoms with Crippen LogP contribution in [0.4, 0.5) is 5.69 Å². The van der Waals surface area contributed by atoms with Gasteiger partial charge in [-0.2, -0.15) is 0 Å². The number of nitrogens with zero attached hydrogens (tertiary/aromatic N) is 1. The molecule has 170 valence electrons. The third-order valence-electron chi connectivity index (χ3n) is 4.57. The highest BCUT2D eigenvalue weighted by Gasteiger charge is 2.18. The lowest BCUT2D eigenvalue weighted by molar-refractivity contribution is -0.137. The van der Waals surface area contributed by atoms with E-state index in [1.165, 1.54) is 0 Å². The van der Waals surface area contributed by atoms with Gasteiger partial charge >= 0.3 is 11.9 Å². The minimum atomic E-state index is -0.356. The number of hydrogen-bond donors (Lipinski definition) is 0. The number of anilines is 1. The predicted molar refractivity (Wildman–Crippen MR) is 122 cm³/mol. The zero-order valence-corrected chi connectivity index (χ0v) is 19.5. The van der Waals surface area contributed by atoms with E-state index >= 15 is 0 Å². The Bertz CT molecular complexity index is 663. The van der Waals surface area contributed by atoms with Crippen molar-refractivity contribution in [1.29, 1.82) is 0 Å². The molecule has 0 aliphatic rings. The highest BCUT2D eigenvalue weighted by atomic mass is 35.5. The summed E-state index contributed by atoms with van der Waals surface area (Å²) in [5, 5.41) is 0. The lowest BCUT2D eigenvalue weighted by atomic mass is 10.2. The molecule has 7 heteroatoms. The summed E-state index contributed by atoms with van der Waals surface area (Å²) >= 11 is 0. The van der Waals surface area contributed by atoms with Gasteiger partial charge in [-0.3, -0.25) is 9.59 Å². The van der Waals surface area contributed by atoms with Gasteiger partial charge in [-0.25, -0.2) is 0 Å². The predicted octanol–water partition coefficient (Wildman–Crippen LogP) is 5.49. The molecule has 0 amide bonds. The van der Waals surface area contributed by atoms with E-state index < -0.39 is 0 Å². The second kappa shape index (κ2) is 15.7. The summed E-state index contributed by atoms with van der Waals surface area (Å²) in [7, 11) is 0. The van der Waals surface area contributed by atoms with Gasteiger partial charge < -0.3 is 19.2 Å². The minimum absolute atomic E-state index is 0. The summed E-state index contributed by atoms with van der Waals surface area (Å²) in [4.78, 5) is 37.3. The lowest BCUT2D eigenvalue weighted by Gasteiger charge is -2.27. The van der Waals surface area contributed by atoms with Crippen LogP contribution in [-0.2, 0) is 14.4 Å². The van der Waals surface area contributed by atoms with Gasteiger partial charge in [0.2, 0.25) is 0 Å². The Morgan fingerprint density at radius 3 is 1.93 bits per heavy atom. The molecule has 0 saturated heterocycles. The van der Waals surface area contributed by atoms with Gasteiger partial charge in [0, 0.05) is 30.6 Å². The summed E-state index contributed by atoms with van der Waals surface area (Å²) in [5.41, 5.74) is 0.731. The summed E-state index contributed by atoms with van der Waals surface area (Å²) in [6.07, 6.45) is 6.93. The largest absolute Gasteiger partial charge is 0.423 e. The van der Waals surface area contributed by atoms with Crippen molar-refractivity contribution >= 4 is 36.3 Å². The third-order valence-corrected chi connectivity index (χ3v) is 4.57. The minimum Gasteiger partial charge on any atom is -0.423 e. The Balaban J connectivity index is 0.00000841. The number of hydrogen-bond acceptors (Lipinski definition) is 6. The number of rotatable bonds is 14.